The van der Waals surface area contributed by atoms with E-state index in [0.29, 0.717) is 12.7 Å². The number of hydrogen-bond donors (Lipinski definition) is 2. The molecule has 0 saturated carbocycles. The zero-order valence-electron chi connectivity index (χ0n) is 18.4. The fraction of sp³-hybridized carbons (Fsp3) is 0.720. The van der Waals surface area contributed by atoms with Gasteiger partial charge in [0.15, 0.2) is 0 Å². The molecule has 166 valence electrons. The summed E-state index contributed by atoms with van der Waals surface area (Å²) in [4.78, 5) is 10.4. The Morgan fingerprint density at radius 3 is 2.03 bits per heavy atom. The van der Waals surface area contributed by atoms with Crippen molar-refractivity contribution >= 4 is 5.97 Å². The molecule has 0 aliphatic carbocycles. The smallest absolute Gasteiger partial charge is 0.303 e. The molecule has 0 amide bonds. The maximum absolute atomic E-state index is 10.4. The molecule has 0 fully saturated rings. The Kier molecular flexibility index (Phi) is 15.4. The SMILES string of the molecule is CCC(CCCCCC(O)CCCCCCCCC(=O)O)OCc1ccccc1. The summed E-state index contributed by atoms with van der Waals surface area (Å²) in [6.45, 7) is 2.88. The van der Waals surface area contributed by atoms with Crippen LogP contribution in [-0.4, -0.2) is 28.4 Å². The van der Waals surface area contributed by atoms with Crippen molar-refractivity contribution in [3.8, 4) is 0 Å². The highest BCUT2D eigenvalue weighted by atomic mass is 16.5. The lowest BCUT2D eigenvalue weighted by molar-refractivity contribution is -0.137. The third kappa shape index (κ3) is 15.2. The Labute approximate surface area is 177 Å². The highest BCUT2D eigenvalue weighted by molar-refractivity contribution is 5.66. The van der Waals surface area contributed by atoms with E-state index in [4.69, 9.17) is 9.84 Å². The summed E-state index contributed by atoms with van der Waals surface area (Å²) in [6, 6.07) is 10.3. The lowest BCUT2D eigenvalue weighted by atomic mass is 10.0. The standard InChI is InChI=1S/C25H42O4/c1-2-24(29-21-22-15-9-7-10-16-22)19-13-8-12-18-23(26)17-11-5-3-4-6-14-20-25(27)28/h7,9-10,15-16,23-24,26H,2-6,8,11-14,17-21H2,1H3,(H,27,28). The summed E-state index contributed by atoms with van der Waals surface area (Å²) in [7, 11) is 0. The van der Waals surface area contributed by atoms with Gasteiger partial charge in [-0.1, -0.05) is 88.6 Å². The van der Waals surface area contributed by atoms with E-state index in [-0.39, 0.29) is 12.5 Å². The maximum Gasteiger partial charge on any atom is 0.303 e. The molecular formula is C25H42O4. The van der Waals surface area contributed by atoms with E-state index in [0.717, 1.165) is 83.5 Å². The molecule has 0 saturated heterocycles. The molecule has 1 aromatic rings. The molecule has 1 aromatic carbocycles. The van der Waals surface area contributed by atoms with E-state index in [1.165, 1.54) is 5.56 Å². The Bertz CT molecular complexity index is 503. The topological polar surface area (TPSA) is 66.8 Å². The number of rotatable bonds is 19. The fourth-order valence-electron chi connectivity index (χ4n) is 3.63. The molecule has 4 heteroatoms. The molecule has 0 radical (unpaired) electrons. The quantitative estimate of drug-likeness (QED) is 0.257. The first-order chi connectivity index (χ1) is 14.1. The van der Waals surface area contributed by atoms with Crippen LogP contribution in [-0.2, 0) is 16.1 Å². The largest absolute Gasteiger partial charge is 0.481 e. The molecule has 2 N–H and O–H groups in total. The molecular weight excluding hydrogens is 364 g/mol. The summed E-state index contributed by atoms with van der Waals surface area (Å²) in [5.41, 5.74) is 1.23. The lowest BCUT2D eigenvalue weighted by Crippen LogP contribution is -2.12. The van der Waals surface area contributed by atoms with Crippen LogP contribution in [0.2, 0.25) is 0 Å². The third-order valence-corrected chi connectivity index (χ3v) is 5.53. The van der Waals surface area contributed by atoms with Crippen LogP contribution in [0.25, 0.3) is 0 Å². The van der Waals surface area contributed by atoms with Gasteiger partial charge in [0.05, 0.1) is 18.8 Å². The number of ether oxygens (including phenoxy) is 1. The second-order valence-electron chi connectivity index (χ2n) is 8.17. The predicted molar refractivity (Wildman–Crippen MR) is 119 cm³/mol. The van der Waals surface area contributed by atoms with Gasteiger partial charge in [-0.25, -0.2) is 0 Å². The zero-order valence-corrected chi connectivity index (χ0v) is 18.4. The maximum atomic E-state index is 10.4. The van der Waals surface area contributed by atoms with Crippen molar-refractivity contribution in [3.05, 3.63) is 35.9 Å². The van der Waals surface area contributed by atoms with Crippen LogP contribution in [0.5, 0.6) is 0 Å². The number of unbranched alkanes of at least 4 members (excludes halogenated alkanes) is 7. The Morgan fingerprint density at radius 1 is 0.862 bits per heavy atom. The van der Waals surface area contributed by atoms with Gasteiger partial charge in [-0.05, 0) is 37.7 Å². The van der Waals surface area contributed by atoms with E-state index in [2.05, 4.69) is 19.1 Å². The average Bonchev–Trinajstić information content (AvgIpc) is 2.72. The Balaban J connectivity index is 1.93. The van der Waals surface area contributed by atoms with Crippen molar-refractivity contribution in [2.75, 3.05) is 0 Å². The molecule has 2 unspecified atom stereocenters. The number of aliphatic hydroxyl groups is 1. The van der Waals surface area contributed by atoms with Crippen molar-refractivity contribution < 1.29 is 19.7 Å². The first-order valence-corrected chi connectivity index (χ1v) is 11.7. The molecule has 29 heavy (non-hydrogen) atoms. The second-order valence-corrected chi connectivity index (χ2v) is 8.17. The van der Waals surface area contributed by atoms with Crippen molar-refractivity contribution in [1.82, 2.24) is 0 Å². The highest BCUT2D eigenvalue weighted by Gasteiger charge is 2.08. The molecule has 0 bridgehead atoms. The molecule has 0 aromatic heterocycles. The Hall–Kier alpha value is -1.39. The molecule has 4 nitrogen and oxygen atoms in total. The molecule has 1 rings (SSSR count). The predicted octanol–water partition coefficient (Wildman–Crippen LogP) is 6.50. The van der Waals surface area contributed by atoms with Crippen LogP contribution in [0.15, 0.2) is 30.3 Å². The molecule has 0 aliphatic rings. The van der Waals surface area contributed by atoms with Gasteiger partial charge >= 0.3 is 5.97 Å². The van der Waals surface area contributed by atoms with E-state index in [1.807, 2.05) is 18.2 Å². The summed E-state index contributed by atoms with van der Waals surface area (Å²) >= 11 is 0. The molecule has 0 aliphatic heterocycles. The number of carboxylic acid groups (broad SMARTS) is 1. The number of carboxylic acids is 1. The monoisotopic (exact) mass is 406 g/mol. The van der Waals surface area contributed by atoms with Crippen LogP contribution in [0.4, 0.5) is 0 Å². The minimum atomic E-state index is -0.696. The number of carbonyl (C=O) groups is 1. The highest BCUT2D eigenvalue weighted by Crippen LogP contribution is 2.16. The van der Waals surface area contributed by atoms with Gasteiger partial charge in [0, 0.05) is 6.42 Å². The second kappa shape index (κ2) is 17.5. The minimum absolute atomic E-state index is 0.168. The Morgan fingerprint density at radius 2 is 1.41 bits per heavy atom. The van der Waals surface area contributed by atoms with E-state index < -0.39 is 5.97 Å². The van der Waals surface area contributed by atoms with Gasteiger partial charge in [0.2, 0.25) is 0 Å². The summed E-state index contributed by atoms with van der Waals surface area (Å²) in [5.74, 6) is -0.696. The van der Waals surface area contributed by atoms with E-state index >= 15 is 0 Å². The molecule has 0 spiro atoms. The van der Waals surface area contributed by atoms with Gasteiger partial charge in [-0.15, -0.1) is 0 Å². The van der Waals surface area contributed by atoms with Crippen molar-refractivity contribution in [3.63, 3.8) is 0 Å². The summed E-state index contributed by atoms with van der Waals surface area (Å²) in [6.07, 6.45) is 14.1. The van der Waals surface area contributed by atoms with Gasteiger partial charge in [0.1, 0.15) is 0 Å². The average molecular weight is 407 g/mol. The van der Waals surface area contributed by atoms with Crippen LogP contribution in [0.3, 0.4) is 0 Å². The number of benzene rings is 1. The van der Waals surface area contributed by atoms with E-state index in [9.17, 15) is 9.90 Å². The van der Waals surface area contributed by atoms with Crippen molar-refractivity contribution in [2.45, 2.75) is 116 Å². The van der Waals surface area contributed by atoms with Gasteiger partial charge in [-0.2, -0.15) is 0 Å². The van der Waals surface area contributed by atoms with Gasteiger partial charge in [-0.3, -0.25) is 4.79 Å². The van der Waals surface area contributed by atoms with Crippen LogP contribution in [0.1, 0.15) is 102 Å². The number of aliphatic hydroxyl groups excluding tert-OH is 1. The van der Waals surface area contributed by atoms with Gasteiger partial charge < -0.3 is 14.9 Å². The van der Waals surface area contributed by atoms with Gasteiger partial charge in [0.25, 0.3) is 0 Å². The fourth-order valence-corrected chi connectivity index (χ4v) is 3.63. The zero-order chi connectivity index (χ0) is 21.2. The third-order valence-electron chi connectivity index (χ3n) is 5.53. The van der Waals surface area contributed by atoms with Crippen LogP contribution < -0.4 is 0 Å². The van der Waals surface area contributed by atoms with Crippen LogP contribution >= 0.6 is 0 Å². The normalized spacial score (nSPS) is 13.3. The van der Waals surface area contributed by atoms with Crippen molar-refractivity contribution in [1.29, 1.82) is 0 Å². The molecule has 2 atom stereocenters. The van der Waals surface area contributed by atoms with Crippen molar-refractivity contribution in [2.24, 2.45) is 0 Å². The summed E-state index contributed by atoms with van der Waals surface area (Å²) in [5, 5.41) is 18.7. The first kappa shape index (κ1) is 25.6. The lowest BCUT2D eigenvalue weighted by Gasteiger charge is -2.16. The number of hydrogen-bond acceptors (Lipinski definition) is 3. The minimum Gasteiger partial charge on any atom is -0.481 e. The number of aliphatic carboxylic acids is 1. The molecule has 0 heterocycles. The summed E-state index contributed by atoms with van der Waals surface area (Å²) < 4.78 is 6.04. The van der Waals surface area contributed by atoms with Crippen LogP contribution in [0, 0.1) is 0 Å². The van der Waals surface area contributed by atoms with E-state index in [1.54, 1.807) is 0 Å². The first-order valence-electron chi connectivity index (χ1n) is 11.7.